The molecule has 1 unspecified atom stereocenters. The number of rotatable bonds is 4. The Bertz CT molecular complexity index is 937. The largest absolute Gasteiger partial charge is 1.00 e. The van der Waals surface area contributed by atoms with Crippen molar-refractivity contribution in [1.29, 1.82) is 0 Å². The van der Waals surface area contributed by atoms with Gasteiger partial charge in [0.1, 0.15) is 0 Å². The zero-order chi connectivity index (χ0) is 19.6. The third-order valence-corrected chi connectivity index (χ3v) is 6.45. The molecule has 1 nitrogen and oxygen atoms in total. The van der Waals surface area contributed by atoms with Crippen LogP contribution < -0.4 is 24.2 Å². The van der Waals surface area contributed by atoms with Crippen LogP contribution in [0.3, 0.4) is 0 Å². The van der Waals surface area contributed by atoms with Gasteiger partial charge in [-0.25, -0.2) is 0 Å². The van der Waals surface area contributed by atoms with E-state index in [0.29, 0.717) is 0 Å². The minimum Gasteiger partial charge on any atom is -1.00 e. The Labute approximate surface area is 184 Å². The molecule has 28 heavy (non-hydrogen) atoms. The molecule has 0 amide bonds. The quantitative estimate of drug-likeness (QED) is 0.498. The molecular formula is C25H28LiOP. The summed E-state index contributed by atoms with van der Waals surface area (Å²) in [6.45, 7) is 10.8. The van der Waals surface area contributed by atoms with E-state index in [4.69, 9.17) is 0 Å². The molecule has 0 fully saturated rings. The maximum Gasteiger partial charge on any atom is 1.00 e. The van der Waals surface area contributed by atoms with Gasteiger partial charge in [-0.3, -0.25) is 4.79 Å². The first-order valence-corrected chi connectivity index (χ1v) is 10.3. The van der Waals surface area contributed by atoms with Crippen molar-refractivity contribution in [2.45, 2.75) is 40.0 Å². The summed E-state index contributed by atoms with van der Waals surface area (Å²) in [5.74, 6) is 0. The van der Waals surface area contributed by atoms with Gasteiger partial charge in [0.05, 0.1) is 0 Å². The van der Waals surface area contributed by atoms with Gasteiger partial charge in [-0.1, -0.05) is 87.5 Å². The van der Waals surface area contributed by atoms with Crippen LogP contribution in [-0.4, -0.2) is 5.52 Å². The Morgan fingerprint density at radius 3 is 1.86 bits per heavy atom. The predicted octanol–water partition coefficient (Wildman–Crippen LogP) is 3.53. The van der Waals surface area contributed by atoms with Crippen LogP contribution in [0.2, 0.25) is 0 Å². The molecule has 0 saturated heterocycles. The summed E-state index contributed by atoms with van der Waals surface area (Å²) in [7, 11) is 0.152. The standard InChI is InChI=1S/C25H27OP.Li.H/c1-17-15-21(19-9-7-6-8-10-19)16-18(2)23(17)27-24(26)20-11-13-22(14-12-20)25(3,4)5;;/h6-16,27H,1-5H3;;/q;+1;-1. The van der Waals surface area contributed by atoms with Crippen molar-refractivity contribution in [1.82, 2.24) is 0 Å². The first kappa shape index (κ1) is 22.6. The molecule has 0 bridgehead atoms. The Morgan fingerprint density at radius 2 is 1.36 bits per heavy atom. The Hall–Kier alpha value is -1.64. The minimum atomic E-state index is 0. The van der Waals surface area contributed by atoms with E-state index in [1.54, 1.807) is 0 Å². The third kappa shape index (κ3) is 5.24. The smallest absolute Gasteiger partial charge is 1.00 e. The molecule has 0 N–H and O–H groups in total. The van der Waals surface area contributed by atoms with Crippen molar-refractivity contribution in [2.75, 3.05) is 0 Å². The van der Waals surface area contributed by atoms with Crippen molar-refractivity contribution in [2.24, 2.45) is 0 Å². The number of hydrogen-bond acceptors (Lipinski definition) is 1. The molecule has 0 heterocycles. The van der Waals surface area contributed by atoms with E-state index in [9.17, 15) is 4.79 Å². The average Bonchev–Trinajstić information content (AvgIpc) is 2.64. The fourth-order valence-electron chi connectivity index (χ4n) is 3.27. The van der Waals surface area contributed by atoms with E-state index in [1.165, 1.54) is 33.1 Å². The summed E-state index contributed by atoms with van der Waals surface area (Å²) < 4.78 is 0. The van der Waals surface area contributed by atoms with E-state index in [2.05, 4.69) is 83.1 Å². The van der Waals surface area contributed by atoms with Gasteiger partial charge in [-0.2, -0.15) is 0 Å². The first-order valence-electron chi connectivity index (χ1n) is 9.34. The molecule has 0 spiro atoms. The Kier molecular flexibility index (Phi) is 7.47. The van der Waals surface area contributed by atoms with Gasteiger partial charge in [-0.15, -0.1) is 0 Å². The van der Waals surface area contributed by atoms with Crippen LogP contribution in [0.25, 0.3) is 11.1 Å². The molecule has 1 atom stereocenters. The topological polar surface area (TPSA) is 17.1 Å². The van der Waals surface area contributed by atoms with Crippen molar-refractivity contribution in [3.63, 3.8) is 0 Å². The molecule has 140 valence electrons. The van der Waals surface area contributed by atoms with E-state index >= 15 is 0 Å². The summed E-state index contributed by atoms with van der Waals surface area (Å²) in [6.07, 6.45) is 0. The Balaban J connectivity index is 0.00000210. The molecule has 0 aliphatic heterocycles. The monoisotopic (exact) mass is 382 g/mol. The zero-order valence-electron chi connectivity index (χ0n) is 18.8. The summed E-state index contributed by atoms with van der Waals surface area (Å²) in [5.41, 5.74) is 7.15. The van der Waals surface area contributed by atoms with Crippen LogP contribution in [0.1, 0.15) is 49.2 Å². The predicted molar refractivity (Wildman–Crippen MR) is 120 cm³/mol. The maximum absolute atomic E-state index is 12.8. The van der Waals surface area contributed by atoms with Gasteiger partial charge < -0.3 is 1.43 Å². The number of carbonyl (C=O) groups excluding carboxylic acids is 1. The van der Waals surface area contributed by atoms with Crippen molar-refractivity contribution in [3.05, 3.63) is 89.0 Å². The van der Waals surface area contributed by atoms with E-state index in [0.717, 1.165) is 5.56 Å². The van der Waals surface area contributed by atoms with Crippen LogP contribution in [0, 0.1) is 13.8 Å². The van der Waals surface area contributed by atoms with Crippen LogP contribution in [0.5, 0.6) is 0 Å². The molecule has 3 rings (SSSR count). The third-order valence-electron chi connectivity index (χ3n) is 4.89. The van der Waals surface area contributed by atoms with E-state index in [1.807, 2.05) is 18.2 Å². The number of benzene rings is 3. The number of aryl methyl sites for hydroxylation is 2. The normalized spacial score (nSPS) is 11.5. The molecule has 0 aromatic heterocycles. The number of hydrogen-bond donors (Lipinski definition) is 0. The Morgan fingerprint density at radius 1 is 0.821 bits per heavy atom. The molecular weight excluding hydrogens is 354 g/mol. The molecule has 0 aliphatic rings. The summed E-state index contributed by atoms with van der Waals surface area (Å²) in [5, 5.41) is 1.17. The van der Waals surface area contributed by atoms with Crippen LogP contribution in [0.15, 0.2) is 66.7 Å². The average molecular weight is 382 g/mol. The van der Waals surface area contributed by atoms with Crippen molar-refractivity contribution >= 4 is 19.4 Å². The van der Waals surface area contributed by atoms with E-state index < -0.39 is 0 Å². The van der Waals surface area contributed by atoms with Gasteiger partial charge in [0, 0.05) is 5.56 Å². The summed E-state index contributed by atoms with van der Waals surface area (Å²) in [4.78, 5) is 12.8. The van der Waals surface area contributed by atoms with Crippen LogP contribution in [0.4, 0.5) is 0 Å². The van der Waals surface area contributed by atoms with Gasteiger partial charge >= 0.3 is 18.9 Å². The summed E-state index contributed by atoms with van der Waals surface area (Å²) >= 11 is 0. The molecule has 3 heteroatoms. The molecule has 0 saturated carbocycles. The molecule has 3 aromatic rings. The fourth-order valence-corrected chi connectivity index (χ4v) is 4.34. The van der Waals surface area contributed by atoms with Gasteiger partial charge in [0.15, 0.2) is 5.52 Å². The first-order chi connectivity index (χ1) is 12.8. The SMILES string of the molecule is Cc1cc(-c2ccccc2)cc(C)c1PC(=O)c1ccc(C(C)(C)C)cc1.[H-].[Li+]. The number of carbonyl (C=O) groups is 1. The fraction of sp³-hybridized carbons (Fsp3) is 0.240. The van der Waals surface area contributed by atoms with Gasteiger partial charge in [0.2, 0.25) is 0 Å². The second kappa shape index (κ2) is 9.24. The molecule has 3 aromatic carbocycles. The molecule has 0 aliphatic carbocycles. The minimum absolute atomic E-state index is 0. The van der Waals surface area contributed by atoms with E-state index in [-0.39, 0.29) is 39.8 Å². The second-order valence-corrected chi connectivity index (χ2v) is 9.34. The van der Waals surface area contributed by atoms with Crippen LogP contribution >= 0.6 is 8.58 Å². The molecule has 0 radical (unpaired) electrons. The van der Waals surface area contributed by atoms with Gasteiger partial charge in [0.25, 0.3) is 0 Å². The maximum atomic E-state index is 12.8. The second-order valence-electron chi connectivity index (χ2n) is 8.13. The van der Waals surface area contributed by atoms with Crippen molar-refractivity contribution < 1.29 is 25.1 Å². The van der Waals surface area contributed by atoms with Crippen molar-refractivity contribution in [3.8, 4) is 11.1 Å². The summed E-state index contributed by atoms with van der Waals surface area (Å²) in [6, 6.07) is 22.9. The van der Waals surface area contributed by atoms with Crippen LogP contribution in [-0.2, 0) is 5.41 Å². The zero-order valence-corrected chi connectivity index (χ0v) is 18.8. The van der Waals surface area contributed by atoms with Gasteiger partial charge in [-0.05, 0) is 61.0 Å².